The number of allylic oxidation sites excluding steroid dienone is 4. The van der Waals surface area contributed by atoms with Gasteiger partial charge in [0, 0.05) is 29.2 Å². The van der Waals surface area contributed by atoms with Gasteiger partial charge in [0.2, 0.25) is 0 Å². The number of hydroxylamine groups is 2. The molecule has 0 aromatic heterocycles. The van der Waals surface area contributed by atoms with E-state index in [-0.39, 0.29) is 46.6 Å². The lowest BCUT2D eigenvalue weighted by atomic mass is 9.44. The summed E-state index contributed by atoms with van der Waals surface area (Å²) in [5, 5.41) is 23.8. The first-order chi connectivity index (χ1) is 18.1. The second-order valence-corrected chi connectivity index (χ2v) is 12.6. The Balaban J connectivity index is 1.29. The topological polar surface area (TPSA) is 96.3 Å². The zero-order valence-electron chi connectivity index (χ0n) is 22.5. The largest absolute Gasteiger partial charge is 0.492 e. The molecule has 38 heavy (non-hydrogen) atoms. The number of fused-ring (bicyclic) bond motifs is 7. The molecule has 7 nitrogen and oxygen atoms in total. The Morgan fingerprint density at radius 2 is 1.97 bits per heavy atom. The number of rotatable bonds is 6. The molecule has 1 heterocycles. The molecular weight excluding hydrogens is 482 g/mol. The second-order valence-electron chi connectivity index (χ2n) is 12.6. The van der Waals surface area contributed by atoms with Crippen molar-refractivity contribution in [1.29, 1.82) is 0 Å². The zero-order chi connectivity index (χ0) is 26.9. The lowest BCUT2D eigenvalue weighted by Crippen LogP contribution is -2.63. The molecule has 4 fully saturated rings. The summed E-state index contributed by atoms with van der Waals surface area (Å²) in [6.07, 6.45) is 6.90. The summed E-state index contributed by atoms with van der Waals surface area (Å²) in [5.41, 5.74) is -1.04. The number of aliphatic hydroxyl groups is 2. The number of carbonyl (C=O) groups excluding carboxylic acids is 2. The van der Waals surface area contributed by atoms with Gasteiger partial charge in [0.15, 0.2) is 17.2 Å². The Morgan fingerprint density at radius 1 is 1.21 bits per heavy atom. The van der Waals surface area contributed by atoms with E-state index in [9.17, 15) is 19.8 Å². The van der Waals surface area contributed by atoms with Crippen molar-refractivity contribution in [2.75, 3.05) is 26.3 Å². The first-order valence-corrected chi connectivity index (χ1v) is 14.0. The lowest BCUT2D eigenvalue weighted by molar-refractivity contribution is -0.252. The van der Waals surface area contributed by atoms with E-state index in [2.05, 4.69) is 20.8 Å². The van der Waals surface area contributed by atoms with E-state index in [1.165, 1.54) is 0 Å². The minimum absolute atomic E-state index is 0.0190. The van der Waals surface area contributed by atoms with E-state index in [0.29, 0.717) is 26.1 Å². The van der Waals surface area contributed by atoms with Crippen molar-refractivity contribution in [3.05, 3.63) is 54.1 Å². The van der Waals surface area contributed by atoms with Crippen LogP contribution in [0.3, 0.4) is 0 Å². The highest BCUT2D eigenvalue weighted by Crippen LogP contribution is 2.71. The van der Waals surface area contributed by atoms with Crippen LogP contribution in [0, 0.1) is 40.4 Å². The molecule has 0 bridgehead atoms. The number of ketones is 2. The summed E-state index contributed by atoms with van der Waals surface area (Å²) >= 11 is 0. The zero-order valence-corrected chi connectivity index (χ0v) is 22.5. The highest BCUT2D eigenvalue weighted by atomic mass is 16.7. The van der Waals surface area contributed by atoms with Crippen LogP contribution < -0.4 is 4.74 Å². The molecule has 9 atom stereocenters. The Bertz CT molecular complexity index is 1180. The SMILES string of the molecule is C[C@H]1C[C@@H]2C([C@@H](O)C[C@@]3(C)[C@H]2C[C@H]2CN(CCOc4ccccc4)O[C@]23C(=O)CO)[C@@]2(C)C=CC(=O)C=C12. The van der Waals surface area contributed by atoms with Crippen molar-refractivity contribution in [3.8, 4) is 5.75 Å². The predicted molar refractivity (Wildman–Crippen MR) is 141 cm³/mol. The number of para-hydroxylation sites is 1. The monoisotopic (exact) mass is 521 g/mol. The third-order valence-electron chi connectivity index (χ3n) is 10.8. The smallest absolute Gasteiger partial charge is 0.192 e. The number of hydrogen-bond acceptors (Lipinski definition) is 7. The number of hydrogen-bond donors (Lipinski definition) is 2. The summed E-state index contributed by atoms with van der Waals surface area (Å²) in [6.45, 7) is 7.38. The van der Waals surface area contributed by atoms with Crippen LogP contribution >= 0.6 is 0 Å². The van der Waals surface area contributed by atoms with Crippen molar-refractivity contribution in [2.45, 2.75) is 51.7 Å². The maximum Gasteiger partial charge on any atom is 0.192 e. The molecule has 3 saturated carbocycles. The second kappa shape index (κ2) is 9.12. The van der Waals surface area contributed by atoms with Crippen molar-refractivity contribution in [3.63, 3.8) is 0 Å². The van der Waals surface area contributed by atoms with E-state index in [0.717, 1.165) is 24.2 Å². The van der Waals surface area contributed by atoms with E-state index in [4.69, 9.17) is 9.57 Å². The van der Waals surface area contributed by atoms with Crippen LogP contribution in [-0.2, 0) is 14.4 Å². The number of Topliss-reactive ketones (excluding diaryl/α,β-unsaturated/α-hetero) is 1. The summed E-state index contributed by atoms with van der Waals surface area (Å²) in [7, 11) is 0. The molecule has 1 aliphatic heterocycles. The molecule has 0 amide bonds. The van der Waals surface area contributed by atoms with Gasteiger partial charge in [-0.1, -0.05) is 50.6 Å². The van der Waals surface area contributed by atoms with Gasteiger partial charge in [-0.25, -0.2) is 0 Å². The lowest BCUT2D eigenvalue weighted by Gasteiger charge is -2.61. The van der Waals surface area contributed by atoms with Gasteiger partial charge in [-0.05, 0) is 61.3 Å². The van der Waals surface area contributed by atoms with Gasteiger partial charge >= 0.3 is 0 Å². The standard InChI is InChI=1S/C31H39NO6/c1-19-13-23-25-14-20-17-32(11-12-37-22-7-5-4-6-8-22)38-31(20,27(36)18-33)30(25,3)16-26(35)28(23)29(2)10-9-21(34)15-24(19)29/h4-10,15,19-20,23,25-26,28,33,35H,11-14,16-18H2,1-3H3/t19-,20-,23-,25-,26-,28?,29-,30-,31-/m0/s1. The molecule has 0 radical (unpaired) electrons. The Morgan fingerprint density at radius 3 is 2.71 bits per heavy atom. The molecule has 1 aromatic rings. The normalized spacial score (nSPS) is 43.6. The molecule has 1 saturated heterocycles. The van der Waals surface area contributed by atoms with Gasteiger partial charge in [-0.3, -0.25) is 14.4 Å². The van der Waals surface area contributed by atoms with E-state index in [1.54, 1.807) is 12.2 Å². The maximum absolute atomic E-state index is 13.6. The average molecular weight is 522 g/mol. The molecule has 5 aliphatic rings. The molecule has 204 valence electrons. The van der Waals surface area contributed by atoms with Crippen molar-refractivity contribution in [1.82, 2.24) is 5.06 Å². The highest BCUT2D eigenvalue weighted by molar-refractivity contribution is 6.01. The molecule has 1 unspecified atom stereocenters. The fourth-order valence-corrected chi connectivity index (χ4v) is 9.40. The summed E-state index contributed by atoms with van der Waals surface area (Å²) in [4.78, 5) is 32.4. The molecule has 4 aliphatic carbocycles. The van der Waals surface area contributed by atoms with Gasteiger partial charge < -0.3 is 14.9 Å². The van der Waals surface area contributed by atoms with Crippen molar-refractivity contribution in [2.24, 2.45) is 40.4 Å². The van der Waals surface area contributed by atoms with Crippen LogP contribution in [0.2, 0.25) is 0 Å². The third kappa shape index (κ3) is 3.55. The van der Waals surface area contributed by atoms with Crippen LogP contribution in [0.25, 0.3) is 0 Å². The van der Waals surface area contributed by atoms with E-state index >= 15 is 0 Å². The Kier molecular flexibility index (Phi) is 6.22. The van der Waals surface area contributed by atoms with Crippen molar-refractivity contribution < 1.29 is 29.4 Å². The van der Waals surface area contributed by atoms with Gasteiger partial charge in [-0.2, -0.15) is 5.06 Å². The molecule has 7 heteroatoms. The molecular formula is C31H39NO6. The number of ether oxygens (including phenoxy) is 1. The molecule has 2 N–H and O–H groups in total. The summed E-state index contributed by atoms with van der Waals surface area (Å²) < 4.78 is 5.88. The van der Waals surface area contributed by atoms with Crippen LogP contribution in [0.5, 0.6) is 5.75 Å². The average Bonchev–Trinajstić information content (AvgIpc) is 3.37. The number of benzene rings is 1. The van der Waals surface area contributed by atoms with E-state index in [1.807, 2.05) is 41.5 Å². The minimum Gasteiger partial charge on any atom is -0.492 e. The Labute approximate surface area is 224 Å². The van der Waals surface area contributed by atoms with Gasteiger partial charge in [0.05, 0.1) is 12.6 Å². The maximum atomic E-state index is 13.6. The quantitative estimate of drug-likeness (QED) is 0.593. The van der Waals surface area contributed by atoms with Gasteiger partial charge in [-0.15, -0.1) is 0 Å². The third-order valence-corrected chi connectivity index (χ3v) is 10.8. The molecule has 1 aromatic carbocycles. The van der Waals surface area contributed by atoms with Gasteiger partial charge in [0.25, 0.3) is 0 Å². The molecule has 6 rings (SSSR count). The highest BCUT2D eigenvalue weighted by Gasteiger charge is 2.75. The number of carbonyl (C=O) groups is 2. The van der Waals surface area contributed by atoms with Crippen LogP contribution in [0.15, 0.2) is 54.1 Å². The number of aliphatic hydroxyl groups excluding tert-OH is 2. The summed E-state index contributed by atoms with van der Waals surface area (Å²) in [6, 6.07) is 9.61. The van der Waals surface area contributed by atoms with E-state index < -0.39 is 23.7 Å². The molecule has 0 spiro atoms. The van der Waals surface area contributed by atoms with Gasteiger partial charge in [0.1, 0.15) is 19.0 Å². The van der Waals surface area contributed by atoms with Crippen LogP contribution in [0.1, 0.15) is 40.0 Å². The first-order valence-electron chi connectivity index (χ1n) is 14.0. The Hall–Kier alpha value is -2.32. The first kappa shape index (κ1) is 25.9. The summed E-state index contributed by atoms with van der Waals surface area (Å²) in [5.74, 6) is 0.993. The van der Waals surface area contributed by atoms with Crippen LogP contribution in [0.4, 0.5) is 0 Å². The fourth-order valence-electron chi connectivity index (χ4n) is 9.40. The number of nitrogens with zero attached hydrogens (tertiary/aromatic N) is 1. The fraction of sp³-hybridized carbons (Fsp3) is 0.613. The van der Waals surface area contributed by atoms with Crippen LogP contribution in [-0.4, -0.2) is 64.9 Å². The minimum atomic E-state index is -1.16. The van der Waals surface area contributed by atoms with Crippen molar-refractivity contribution >= 4 is 11.6 Å². The predicted octanol–water partition coefficient (Wildman–Crippen LogP) is 3.36.